The van der Waals surface area contributed by atoms with E-state index in [1.165, 1.54) is 38.6 Å². The largest absolute Gasteiger partial charge is 0.502 e. The molecule has 14 rings (SSSR count). The van der Waals surface area contributed by atoms with Gasteiger partial charge < -0.3 is 120 Å². The summed E-state index contributed by atoms with van der Waals surface area (Å²) in [5, 5.41) is 107. The predicted molar refractivity (Wildman–Crippen MR) is 421 cm³/mol. The summed E-state index contributed by atoms with van der Waals surface area (Å²) >= 11 is 22.1. The third kappa shape index (κ3) is 18.4. The number of aliphatic hydroxyl groups is 8. The topological polar surface area (TPSA) is 515 Å². The van der Waals surface area contributed by atoms with Crippen LogP contribution in [0, 0.1) is 45.3 Å². The summed E-state index contributed by atoms with van der Waals surface area (Å²) in [6.07, 6.45) is -5.30. The molecule has 6 heterocycles. The zero-order chi connectivity index (χ0) is 86.2. The van der Waals surface area contributed by atoms with E-state index >= 15 is 4.39 Å². The van der Waals surface area contributed by atoms with Crippen LogP contribution in [0.4, 0.5) is 20.7 Å². The molecule has 10 aliphatic rings. The first-order valence-corrected chi connectivity index (χ1v) is 40.4. The number of carbonyl (C=O) groups is 5. The minimum Gasteiger partial charge on any atom is -0.502 e. The fraction of sp³-hybridized carbons (Fsp3) is 0.603. The highest BCUT2D eigenvalue weighted by atomic mass is 35.5. The van der Waals surface area contributed by atoms with Crippen LogP contribution in [0.5, 0.6) is 28.7 Å². The third-order valence-electron chi connectivity index (χ3n) is 24.0. The third-order valence-corrected chi connectivity index (χ3v) is 24.7. The summed E-state index contributed by atoms with van der Waals surface area (Å²) < 4.78 is 74.6. The number of phenolic OH excluding ortho intramolecular Hbond substituents is 1. The lowest BCUT2D eigenvalue weighted by atomic mass is 9.44. The number of nitrogens with zero attached hydrogens (tertiary/aromatic N) is 5. The van der Waals surface area contributed by atoms with Crippen molar-refractivity contribution in [2.24, 2.45) is 51.4 Å². The van der Waals surface area contributed by atoms with E-state index in [-0.39, 0.29) is 73.6 Å². The Kier molecular flexibility index (Phi) is 30.9. The molecule has 118 heavy (non-hydrogen) atoms. The number of esters is 1. The molecule has 15 N–H and O–H groups in total. The Morgan fingerprint density at radius 3 is 2.08 bits per heavy atom. The summed E-state index contributed by atoms with van der Waals surface area (Å²) in [7, 11) is 2.86. The monoisotopic (exact) mass is 1740 g/mol. The van der Waals surface area contributed by atoms with Crippen LogP contribution in [0.15, 0.2) is 94.7 Å². The van der Waals surface area contributed by atoms with Crippen molar-refractivity contribution in [2.45, 2.75) is 157 Å². The number of methoxy groups -OCH3 is 2. The second kappa shape index (κ2) is 39.4. The number of allylic oxidation sites excluding steroid dienone is 4. The number of ketones is 2. The fourth-order valence-electron chi connectivity index (χ4n) is 18.0. The Bertz CT molecular complexity index is 4320. The van der Waals surface area contributed by atoms with Gasteiger partial charge >= 0.3 is 23.7 Å². The number of benzene rings is 3. The van der Waals surface area contributed by atoms with Crippen molar-refractivity contribution >= 4 is 87.4 Å². The van der Waals surface area contributed by atoms with Crippen molar-refractivity contribution in [1.29, 1.82) is 0 Å². The quantitative estimate of drug-likeness (QED) is 0.0230. The fourth-order valence-corrected chi connectivity index (χ4v) is 18.7. The van der Waals surface area contributed by atoms with E-state index in [4.69, 9.17) is 115 Å². The molecule has 0 radical (unpaired) electrons. The first kappa shape index (κ1) is 92.6. The number of nitrogens with one attached hydrogen (secondary N) is 1. The van der Waals surface area contributed by atoms with Gasteiger partial charge in [0.1, 0.15) is 66.8 Å². The van der Waals surface area contributed by atoms with Gasteiger partial charge in [-0.25, -0.2) is 14.0 Å². The van der Waals surface area contributed by atoms with E-state index in [9.17, 15) is 74.5 Å². The summed E-state index contributed by atoms with van der Waals surface area (Å²) in [6, 6.07) is 14.5. The first-order valence-electron chi connectivity index (χ1n) is 38.2. The van der Waals surface area contributed by atoms with Gasteiger partial charge in [-0.15, -0.1) is 51.3 Å². The molecule has 3 saturated carbocycles. The number of fused-ring (bicyclic) bond motifs is 9. The van der Waals surface area contributed by atoms with Gasteiger partial charge in [0.2, 0.25) is 12.5 Å². The highest BCUT2D eigenvalue weighted by Crippen LogP contribution is 2.71. The minimum atomic E-state index is -1.98. The molecule has 0 bridgehead atoms. The van der Waals surface area contributed by atoms with Crippen LogP contribution in [0.2, 0.25) is 0 Å². The lowest BCUT2D eigenvalue weighted by molar-refractivity contribution is -0.364. The molecular weight excluding hydrogens is 1640 g/mol. The maximum Gasteiger partial charge on any atom is 0.351 e. The van der Waals surface area contributed by atoms with E-state index in [0.717, 1.165) is 28.9 Å². The van der Waals surface area contributed by atoms with Gasteiger partial charge in [-0.1, -0.05) is 37.6 Å². The lowest BCUT2D eigenvalue weighted by Crippen LogP contribution is -2.69. The number of aliphatic carboxylic acids is 1. The molecule has 2 unspecified atom stereocenters. The predicted octanol–water partition coefficient (Wildman–Crippen LogP) is 3.75. The van der Waals surface area contributed by atoms with Crippen molar-refractivity contribution in [2.75, 3.05) is 108 Å². The van der Waals surface area contributed by atoms with E-state index in [1.807, 2.05) is 24.3 Å². The van der Waals surface area contributed by atoms with Crippen LogP contribution in [0.25, 0.3) is 0 Å². The molecule has 1 aromatic heterocycles. The number of ether oxygens (including phenoxy) is 10. The number of aromatic nitrogens is 2. The highest BCUT2D eigenvalue weighted by molar-refractivity contribution is 6.19. The lowest BCUT2D eigenvalue weighted by Gasteiger charge is -2.62. The average molecular weight is 1740 g/mol. The summed E-state index contributed by atoms with van der Waals surface area (Å²) in [5.41, 5.74) is 8.89. The number of phenols is 1. The summed E-state index contributed by atoms with van der Waals surface area (Å²) in [5.74, 6) is -2.56. The minimum absolute atomic E-state index is 0.0301. The Labute approximate surface area is 697 Å². The van der Waals surface area contributed by atoms with Crippen LogP contribution >= 0.6 is 46.4 Å². The SMILES string of the molecule is COc1cc([C@@H]2c3cc4c(cc3C(O[C@@H]3O[C@@H]5CO[C@@H](C)O[C@H]5[C@H](O)[C@H]3O)[C@H]3COC(=O)[C@H]23)OCO4)cc(OC)c1O.C[C@@H]1C[C@H]2[C@@H]3CCC4=CC(=O)C=C[C@]4(C)[C@@]3(F)[C@@H](O)C[C@]2(C)[C@@]1(O)C(=O)CO.NC(Cc1ccc(N(CCCl)CCCl)cc1)C(=O)O.Nc1ccn([C@@H]2O[C@H](CO)[C@@H](O)[C@@H]2O)c(=O)n1.O=NN(CCCl)C(=O)NCCCl. The molecule has 7 fully saturated rings. The van der Waals surface area contributed by atoms with E-state index in [2.05, 4.69) is 20.5 Å². The number of cyclic esters (lactones) is 1. The van der Waals surface area contributed by atoms with Crippen molar-refractivity contribution < 1.29 is 127 Å². The number of alkyl halides is 5. The van der Waals surface area contributed by atoms with Crippen molar-refractivity contribution in [1.82, 2.24) is 19.9 Å². The van der Waals surface area contributed by atoms with Crippen molar-refractivity contribution in [3.05, 3.63) is 122 Å². The molecule has 650 valence electrons. The van der Waals surface area contributed by atoms with Crippen LogP contribution < -0.4 is 46.3 Å². The maximum absolute atomic E-state index is 16.9. The molecule has 4 saturated heterocycles. The molecular formula is C78H101Cl4FN8O27. The number of aromatic hydroxyl groups is 1. The zero-order valence-electron chi connectivity index (χ0n) is 65.4. The van der Waals surface area contributed by atoms with Crippen molar-refractivity contribution in [3.63, 3.8) is 0 Å². The van der Waals surface area contributed by atoms with Gasteiger partial charge in [-0.2, -0.15) is 9.99 Å². The Hall–Kier alpha value is -7.70. The van der Waals surface area contributed by atoms with Crippen molar-refractivity contribution in [3.8, 4) is 28.7 Å². The molecule has 35 nitrogen and oxygen atoms in total. The number of hydrogen-bond donors (Lipinski definition) is 13. The number of amides is 2. The van der Waals surface area contributed by atoms with Crippen LogP contribution in [0.3, 0.4) is 0 Å². The van der Waals surface area contributed by atoms with Gasteiger partial charge in [0.25, 0.3) is 0 Å². The summed E-state index contributed by atoms with van der Waals surface area (Å²) in [6.45, 7) is 7.80. The summed E-state index contributed by atoms with van der Waals surface area (Å²) in [4.78, 5) is 86.5. The van der Waals surface area contributed by atoms with Gasteiger partial charge in [-0.05, 0) is 135 Å². The van der Waals surface area contributed by atoms with Gasteiger partial charge in [0.05, 0.1) is 64.0 Å². The maximum atomic E-state index is 16.9. The Morgan fingerprint density at radius 1 is 0.839 bits per heavy atom. The second-order valence-electron chi connectivity index (χ2n) is 30.5. The first-order chi connectivity index (χ1) is 56.1. The molecule has 5 aliphatic carbocycles. The number of urea groups is 1. The Morgan fingerprint density at radius 2 is 1.49 bits per heavy atom. The van der Waals surface area contributed by atoms with Crippen LogP contribution in [-0.4, -0.2) is 271 Å². The normalized spacial score (nSPS) is 33.1. The molecule has 2 amide bonds. The van der Waals surface area contributed by atoms with Gasteiger partial charge in [-0.3, -0.25) is 23.7 Å². The molecule has 40 heteroatoms. The number of nitroso groups, excluding NO2 is 1. The van der Waals surface area contributed by atoms with E-state index < -0.39 is 174 Å². The standard InChI is InChI=1S/C29H32O13.C22H29FO5.C13H18Cl2N2O2.C9H13N3O5.C5H9Cl2N3O2/c1-11-36-9-20-27(40-11)24(31)25(32)29(41-20)42-26-14-7-17-16(38-10-39-17)6-13(14)21(22-15(26)8-37-28(22)33)12-4-18(34-2)23(30)19(5-12)35-3;1-12-8-16-15-5-4-13-9-14(25)6-7-19(13,2)21(15,23)17(26)10-20(16,3)22(12,28)18(27)11-24;14-5-7-17(8-6-15)11-3-1-10(2-4-11)9-12(16)13(18)19;10-5-1-2-12(9(16)11-5)8-7(15)6(14)4(3-13)17-8;6-1-3-8-5(11)10(9-12)4-2-7/h4-7,11,15,20-22,24-27,29-32H,8-10H2,1-3H3;6-7,9,12,15-17,24,26,28H,4-5,8,10-11H2,1-3H3;1-4,12H,5-9,16H2,(H,18,19);1-2,4,6-8,13-15H,3H2,(H2,10,11,16);1-4H2,(H,8,11)/t11-,15+,20-,21-,22+,24-,25-,26?,27-,29+;12-,15+,16+,17+,19+,20+,21+,22+;;4-,6-,7+,8-;/m11.1./s1. The number of Topliss-reactive ketones (excluding diaryl/α,β-unsaturated/α-hetero) is 1. The number of halogens is 5. The smallest absolute Gasteiger partial charge is 0.351 e. The van der Waals surface area contributed by atoms with Crippen LogP contribution in [0.1, 0.15) is 93.9 Å². The number of rotatable bonds is 22. The molecule has 4 aromatic rings. The molecule has 5 aliphatic heterocycles. The number of carboxylic acids is 1. The number of anilines is 2. The number of carboxylic acid groups (broad SMARTS) is 1. The van der Waals surface area contributed by atoms with Gasteiger partial charge in [0, 0.05) is 83.6 Å². The Balaban J connectivity index is 0.000000167. The van der Waals surface area contributed by atoms with E-state index in [1.54, 1.807) is 58.0 Å². The molecule has 23 atom stereocenters. The van der Waals surface area contributed by atoms with E-state index in [0.29, 0.717) is 88.6 Å². The molecule has 0 spiro atoms. The highest BCUT2D eigenvalue weighted by Gasteiger charge is 2.75. The number of carbonyl (C=O) groups excluding carboxylic acids is 4. The zero-order valence-corrected chi connectivity index (χ0v) is 68.4. The molecule has 3 aromatic carbocycles. The number of aliphatic hydroxyl groups excluding tert-OH is 7. The second-order valence-corrected chi connectivity index (χ2v) is 32.0. The van der Waals surface area contributed by atoms with Crippen LogP contribution in [-0.2, 0) is 54.0 Å². The number of nitrogens with two attached hydrogens (primary N) is 2. The van der Waals surface area contributed by atoms with Gasteiger partial charge in [0.15, 0.2) is 59.0 Å². The average Bonchev–Trinajstić information content (AvgIpc) is 1.39. The number of hydrogen-bond acceptors (Lipinski definition) is 31. The number of nitrogen functional groups attached to an aromatic ring is 1.